The van der Waals surface area contributed by atoms with Crippen LogP contribution in [0.2, 0.25) is 0 Å². The van der Waals surface area contributed by atoms with Crippen LogP contribution in [0.4, 0.5) is 5.69 Å². The molecule has 3 heteroatoms. The highest BCUT2D eigenvalue weighted by molar-refractivity contribution is 5.76. The van der Waals surface area contributed by atoms with Gasteiger partial charge >= 0.3 is 5.97 Å². The molecule has 1 aliphatic rings. The van der Waals surface area contributed by atoms with Crippen molar-refractivity contribution in [3.63, 3.8) is 0 Å². The molecule has 15 heavy (non-hydrogen) atoms. The van der Waals surface area contributed by atoms with E-state index in [9.17, 15) is 4.79 Å². The van der Waals surface area contributed by atoms with E-state index in [4.69, 9.17) is 5.11 Å². The van der Waals surface area contributed by atoms with Crippen molar-refractivity contribution in [1.82, 2.24) is 0 Å². The quantitative estimate of drug-likeness (QED) is 0.802. The van der Waals surface area contributed by atoms with E-state index < -0.39 is 11.4 Å². The number of rotatable bonds is 2. The maximum absolute atomic E-state index is 11.1. The van der Waals surface area contributed by atoms with Crippen molar-refractivity contribution in [3.8, 4) is 0 Å². The second-order valence-electron chi connectivity index (χ2n) is 4.37. The predicted molar refractivity (Wildman–Crippen MR) is 59.0 cm³/mol. The van der Waals surface area contributed by atoms with E-state index in [1.54, 1.807) is 0 Å². The molecule has 1 aromatic carbocycles. The summed E-state index contributed by atoms with van der Waals surface area (Å²) in [6, 6.07) is 9.97. The summed E-state index contributed by atoms with van der Waals surface area (Å²) in [4.78, 5) is 13.2. The highest BCUT2D eigenvalue weighted by Gasteiger charge is 2.40. The Hall–Kier alpha value is -1.51. The minimum Gasteiger partial charge on any atom is -0.481 e. The lowest BCUT2D eigenvalue weighted by Crippen LogP contribution is -2.31. The van der Waals surface area contributed by atoms with Crippen LogP contribution in [0.15, 0.2) is 30.3 Å². The number of carboxylic acids is 1. The maximum Gasteiger partial charge on any atom is 0.311 e. The Bertz CT molecular complexity index is 363. The first-order valence-corrected chi connectivity index (χ1v) is 5.15. The Morgan fingerprint density at radius 2 is 2.07 bits per heavy atom. The largest absolute Gasteiger partial charge is 0.481 e. The van der Waals surface area contributed by atoms with E-state index >= 15 is 0 Å². The summed E-state index contributed by atoms with van der Waals surface area (Å²) in [7, 11) is 0. The molecule has 0 aromatic heterocycles. The van der Waals surface area contributed by atoms with Crippen LogP contribution >= 0.6 is 0 Å². The van der Waals surface area contributed by atoms with Crippen LogP contribution in [0.25, 0.3) is 0 Å². The summed E-state index contributed by atoms with van der Waals surface area (Å²) in [5.74, 6) is -0.694. The number of carbonyl (C=O) groups is 1. The van der Waals surface area contributed by atoms with Crippen molar-refractivity contribution in [2.45, 2.75) is 13.3 Å². The van der Waals surface area contributed by atoms with E-state index in [-0.39, 0.29) is 0 Å². The topological polar surface area (TPSA) is 40.5 Å². The number of anilines is 1. The van der Waals surface area contributed by atoms with Crippen LogP contribution in [0.1, 0.15) is 13.3 Å². The fourth-order valence-electron chi connectivity index (χ4n) is 1.99. The third kappa shape index (κ3) is 1.82. The lowest BCUT2D eigenvalue weighted by molar-refractivity contribution is -0.146. The summed E-state index contributed by atoms with van der Waals surface area (Å²) in [6.45, 7) is 3.25. The molecule has 1 saturated heterocycles. The molecular formula is C12H15NO2. The minimum atomic E-state index is -0.694. The first-order valence-electron chi connectivity index (χ1n) is 5.15. The molecule has 1 atom stereocenters. The van der Waals surface area contributed by atoms with Crippen molar-refractivity contribution in [1.29, 1.82) is 0 Å². The smallest absolute Gasteiger partial charge is 0.311 e. The summed E-state index contributed by atoms with van der Waals surface area (Å²) in [6.07, 6.45) is 0.719. The van der Waals surface area contributed by atoms with Gasteiger partial charge in [0, 0.05) is 18.8 Å². The third-order valence-electron chi connectivity index (χ3n) is 3.11. The van der Waals surface area contributed by atoms with Gasteiger partial charge < -0.3 is 10.0 Å². The van der Waals surface area contributed by atoms with Crippen molar-refractivity contribution in [3.05, 3.63) is 30.3 Å². The highest BCUT2D eigenvalue weighted by atomic mass is 16.4. The average Bonchev–Trinajstić information content (AvgIpc) is 2.64. The van der Waals surface area contributed by atoms with Crippen molar-refractivity contribution < 1.29 is 9.90 Å². The van der Waals surface area contributed by atoms with Gasteiger partial charge in [0.25, 0.3) is 0 Å². The van der Waals surface area contributed by atoms with Gasteiger partial charge in [0.1, 0.15) is 0 Å². The lowest BCUT2D eigenvalue weighted by Gasteiger charge is -2.21. The molecule has 0 saturated carbocycles. The zero-order valence-corrected chi connectivity index (χ0v) is 8.81. The lowest BCUT2D eigenvalue weighted by atomic mass is 9.90. The van der Waals surface area contributed by atoms with Gasteiger partial charge in [0.05, 0.1) is 5.41 Å². The van der Waals surface area contributed by atoms with Gasteiger partial charge in [-0.2, -0.15) is 0 Å². The standard InChI is InChI=1S/C12H15NO2/c1-12(11(14)15)7-8-13(9-12)10-5-3-2-4-6-10/h2-6H,7-9H2,1H3,(H,14,15). The number of nitrogens with zero attached hydrogens (tertiary/aromatic N) is 1. The van der Waals surface area contributed by atoms with E-state index in [1.807, 2.05) is 37.3 Å². The van der Waals surface area contributed by atoms with Crippen LogP contribution in [0.3, 0.4) is 0 Å². The Morgan fingerprint density at radius 1 is 1.40 bits per heavy atom. The number of hydrogen-bond acceptors (Lipinski definition) is 2. The molecule has 3 nitrogen and oxygen atoms in total. The number of benzene rings is 1. The Morgan fingerprint density at radius 3 is 2.60 bits per heavy atom. The van der Waals surface area contributed by atoms with Crippen molar-refractivity contribution in [2.75, 3.05) is 18.0 Å². The van der Waals surface area contributed by atoms with Crippen LogP contribution in [-0.4, -0.2) is 24.2 Å². The predicted octanol–water partition coefficient (Wildman–Crippen LogP) is 1.99. The second kappa shape index (κ2) is 3.57. The van der Waals surface area contributed by atoms with Crippen LogP contribution in [0.5, 0.6) is 0 Å². The molecule has 1 unspecified atom stereocenters. The molecule has 1 aromatic rings. The molecule has 0 radical (unpaired) electrons. The summed E-state index contributed by atoms with van der Waals surface area (Å²) in [5.41, 5.74) is 0.526. The normalized spacial score (nSPS) is 25.5. The molecule has 80 valence electrons. The Balaban J connectivity index is 2.14. The average molecular weight is 205 g/mol. The molecule has 2 rings (SSSR count). The van der Waals surface area contributed by atoms with E-state index in [1.165, 1.54) is 0 Å². The van der Waals surface area contributed by atoms with Crippen LogP contribution in [0, 0.1) is 5.41 Å². The highest BCUT2D eigenvalue weighted by Crippen LogP contribution is 2.33. The fourth-order valence-corrected chi connectivity index (χ4v) is 1.99. The Labute approximate surface area is 89.3 Å². The zero-order valence-electron chi connectivity index (χ0n) is 8.81. The molecule has 0 bridgehead atoms. The van der Waals surface area contributed by atoms with E-state index in [0.29, 0.717) is 6.54 Å². The van der Waals surface area contributed by atoms with Gasteiger partial charge in [0.15, 0.2) is 0 Å². The number of carboxylic acid groups (broad SMARTS) is 1. The second-order valence-corrected chi connectivity index (χ2v) is 4.37. The number of aliphatic carboxylic acids is 1. The molecular weight excluding hydrogens is 190 g/mol. The molecule has 1 aliphatic heterocycles. The molecule has 1 fully saturated rings. The first-order chi connectivity index (χ1) is 7.12. The summed E-state index contributed by atoms with van der Waals surface area (Å²) < 4.78 is 0. The number of para-hydroxylation sites is 1. The van der Waals surface area contributed by atoms with Crippen LogP contribution < -0.4 is 4.90 Å². The summed E-state index contributed by atoms with van der Waals surface area (Å²) >= 11 is 0. The molecule has 1 N–H and O–H groups in total. The van der Waals surface area contributed by atoms with Gasteiger partial charge in [0.2, 0.25) is 0 Å². The first kappa shape index (κ1) is 10.0. The van der Waals surface area contributed by atoms with Gasteiger partial charge in [-0.1, -0.05) is 18.2 Å². The zero-order chi connectivity index (χ0) is 10.9. The van der Waals surface area contributed by atoms with Gasteiger partial charge in [-0.25, -0.2) is 0 Å². The summed E-state index contributed by atoms with van der Waals surface area (Å²) in [5, 5.41) is 9.11. The van der Waals surface area contributed by atoms with Crippen molar-refractivity contribution in [2.24, 2.45) is 5.41 Å². The molecule has 1 heterocycles. The SMILES string of the molecule is CC1(C(=O)O)CCN(c2ccccc2)C1. The van der Waals surface area contributed by atoms with E-state index in [2.05, 4.69) is 4.90 Å². The van der Waals surface area contributed by atoms with Gasteiger partial charge in [-0.05, 0) is 25.5 Å². The Kier molecular flexibility index (Phi) is 2.39. The number of hydrogen-bond donors (Lipinski definition) is 1. The van der Waals surface area contributed by atoms with Crippen molar-refractivity contribution >= 4 is 11.7 Å². The minimum absolute atomic E-state index is 0.587. The van der Waals surface area contributed by atoms with Gasteiger partial charge in [-0.15, -0.1) is 0 Å². The fraction of sp³-hybridized carbons (Fsp3) is 0.417. The molecule has 0 aliphatic carbocycles. The van der Waals surface area contributed by atoms with Gasteiger partial charge in [-0.3, -0.25) is 4.79 Å². The van der Waals surface area contributed by atoms with E-state index in [0.717, 1.165) is 18.7 Å². The molecule has 0 spiro atoms. The molecule has 0 amide bonds. The maximum atomic E-state index is 11.1. The third-order valence-corrected chi connectivity index (χ3v) is 3.11. The van der Waals surface area contributed by atoms with Crippen LogP contribution in [-0.2, 0) is 4.79 Å². The monoisotopic (exact) mass is 205 g/mol.